The lowest BCUT2D eigenvalue weighted by molar-refractivity contribution is 0.356. The summed E-state index contributed by atoms with van der Waals surface area (Å²) < 4.78 is 16.0. The van der Waals surface area contributed by atoms with Gasteiger partial charge in [0.2, 0.25) is 5.95 Å². The normalized spacial score (nSPS) is 16.1. The van der Waals surface area contributed by atoms with E-state index < -0.39 is 0 Å². The summed E-state index contributed by atoms with van der Waals surface area (Å²) >= 11 is 9.46. The van der Waals surface area contributed by atoms with Crippen LogP contribution < -0.4 is 5.32 Å². The first kappa shape index (κ1) is 14.9. The molecule has 1 aliphatic rings. The van der Waals surface area contributed by atoms with Crippen molar-refractivity contribution in [1.82, 2.24) is 9.55 Å². The number of halogens is 3. The highest BCUT2D eigenvalue weighted by Crippen LogP contribution is 2.36. The fourth-order valence-electron chi connectivity index (χ4n) is 2.84. The van der Waals surface area contributed by atoms with Crippen molar-refractivity contribution in [3.05, 3.63) is 39.8 Å². The van der Waals surface area contributed by atoms with E-state index in [4.69, 9.17) is 11.6 Å². The number of benzene rings is 1. The molecule has 0 bridgehead atoms. The summed E-state index contributed by atoms with van der Waals surface area (Å²) in [6.45, 7) is 0. The van der Waals surface area contributed by atoms with Gasteiger partial charge in [-0.25, -0.2) is 9.37 Å². The average Bonchev–Trinajstić information content (AvgIpc) is 2.92. The van der Waals surface area contributed by atoms with Crippen molar-refractivity contribution in [2.24, 2.45) is 0 Å². The van der Waals surface area contributed by atoms with Gasteiger partial charge in [0.25, 0.3) is 0 Å². The summed E-state index contributed by atoms with van der Waals surface area (Å²) in [4.78, 5) is 4.37. The topological polar surface area (TPSA) is 29.9 Å². The van der Waals surface area contributed by atoms with Crippen molar-refractivity contribution in [1.29, 1.82) is 0 Å². The Hall–Kier alpha value is -1.07. The van der Waals surface area contributed by atoms with Gasteiger partial charge in [0, 0.05) is 22.9 Å². The molecule has 3 rings (SSSR count). The van der Waals surface area contributed by atoms with Crippen LogP contribution in [-0.2, 0) is 0 Å². The zero-order valence-electron chi connectivity index (χ0n) is 11.5. The molecule has 0 atom stereocenters. The van der Waals surface area contributed by atoms with E-state index in [1.165, 1.54) is 44.2 Å². The Kier molecular flexibility index (Phi) is 4.50. The van der Waals surface area contributed by atoms with E-state index in [0.29, 0.717) is 21.2 Å². The minimum atomic E-state index is -0.368. The molecule has 1 fully saturated rings. The third-order valence-corrected chi connectivity index (χ3v) is 4.80. The molecule has 0 unspecified atom stereocenters. The van der Waals surface area contributed by atoms with Crippen LogP contribution in [0.5, 0.6) is 0 Å². The highest BCUT2D eigenvalue weighted by Gasteiger charge is 2.19. The van der Waals surface area contributed by atoms with Crippen LogP contribution in [-0.4, -0.2) is 9.55 Å². The molecule has 21 heavy (non-hydrogen) atoms. The molecule has 2 aromatic rings. The number of aromatic nitrogens is 2. The predicted octanol–water partition coefficient (Wildman–Crippen LogP) is 5.69. The minimum Gasteiger partial charge on any atom is -0.323 e. The molecule has 6 heteroatoms. The summed E-state index contributed by atoms with van der Waals surface area (Å²) in [5, 5.41) is 3.55. The average molecular weight is 373 g/mol. The van der Waals surface area contributed by atoms with Crippen LogP contribution in [0.2, 0.25) is 5.02 Å². The molecule has 1 heterocycles. The Morgan fingerprint density at radius 3 is 2.76 bits per heavy atom. The summed E-state index contributed by atoms with van der Waals surface area (Å²) in [7, 11) is 0. The van der Waals surface area contributed by atoms with Gasteiger partial charge in [-0.15, -0.1) is 0 Å². The number of nitrogens with zero attached hydrogens (tertiary/aromatic N) is 2. The Bertz CT molecular complexity index is 615. The lowest BCUT2D eigenvalue weighted by atomic mass is 9.95. The summed E-state index contributed by atoms with van der Waals surface area (Å²) in [6, 6.07) is 3.16. The lowest BCUT2D eigenvalue weighted by Gasteiger charge is -2.25. The highest BCUT2D eigenvalue weighted by atomic mass is 79.9. The van der Waals surface area contributed by atoms with E-state index in [0.717, 1.165) is 5.95 Å². The zero-order valence-corrected chi connectivity index (χ0v) is 13.8. The van der Waals surface area contributed by atoms with Gasteiger partial charge in [0.1, 0.15) is 5.82 Å². The maximum absolute atomic E-state index is 13.3. The maximum Gasteiger partial charge on any atom is 0.207 e. The van der Waals surface area contributed by atoms with Crippen LogP contribution in [0.3, 0.4) is 0 Å². The van der Waals surface area contributed by atoms with Crippen molar-refractivity contribution < 1.29 is 4.39 Å². The van der Waals surface area contributed by atoms with E-state index >= 15 is 0 Å². The molecule has 0 radical (unpaired) electrons. The first-order valence-corrected chi connectivity index (χ1v) is 8.26. The Morgan fingerprint density at radius 2 is 2.05 bits per heavy atom. The van der Waals surface area contributed by atoms with Gasteiger partial charge >= 0.3 is 0 Å². The first-order chi connectivity index (χ1) is 10.1. The standard InChI is InChI=1S/C15H16BrClFN3/c16-12-8-10(18)9-13(17)14(12)20-15-19-6-7-21(15)11-4-2-1-3-5-11/h6-9,11H,1-5H2,(H,19,20). The van der Waals surface area contributed by atoms with Gasteiger partial charge in [0.05, 0.1) is 10.7 Å². The molecule has 1 aliphatic carbocycles. The molecule has 1 aromatic heterocycles. The molecule has 1 aromatic carbocycles. The molecule has 1 saturated carbocycles. The molecular weight excluding hydrogens is 357 g/mol. The second-order valence-corrected chi connectivity index (χ2v) is 6.58. The third-order valence-electron chi connectivity index (χ3n) is 3.88. The van der Waals surface area contributed by atoms with Gasteiger partial charge in [-0.1, -0.05) is 30.9 Å². The largest absolute Gasteiger partial charge is 0.323 e. The SMILES string of the molecule is Fc1cc(Cl)c(Nc2nccn2C2CCCCC2)c(Br)c1. The van der Waals surface area contributed by atoms with Crippen molar-refractivity contribution >= 4 is 39.2 Å². The van der Waals surface area contributed by atoms with Crippen molar-refractivity contribution in [2.75, 3.05) is 5.32 Å². The zero-order chi connectivity index (χ0) is 14.8. The van der Waals surface area contributed by atoms with E-state index in [1.807, 2.05) is 6.20 Å². The fraction of sp³-hybridized carbons (Fsp3) is 0.400. The van der Waals surface area contributed by atoms with Gasteiger partial charge in [0.15, 0.2) is 0 Å². The van der Waals surface area contributed by atoms with E-state index in [9.17, 15) is 4.39 Å². The van der Waals surface area contributed by atoms with Gasteiger partial charge in [-0.05, 0) is 40.9 Å². The molecule has 0 spiro atoms. The Morgan fingerprint density at radius 1 is 1.29 bits per heavy atom. The Balaban J connectivity index is 1.87. The van der Waals surface area contributed by atoms with Crippen LogP contribution in [0.15, 0.2) is 29.0 Å². The number of anilines is 2. The maximum atomic E-state index is 13.3. The number of hydrogen-bond donors (Lipinski definition) is 1. The van der Waals surface area contributed by atoms with E-state index in [2.05, 4.69) is 30.8 Å². The molecular formula is C15H16BrClFN3. The number of imidazole rings is 1. The van der Waals surface area contributed by atoms with Crippen LogP contribution in [0.4, 0.5) is 16.0 Å². The van der Waals surface area contributed by atoms with Crippen LogP contribution >= 0.6 is 27.5 Å². The van der Waals surface area contributed by atoms with Crippen molar-refractivity contribution in [2.45, 2.75) is 38.1 Å². The van der Waals surface area contributed by atoms with E-state index in [-0.39, 0.29) is 5.82 Å². The van der Waals surface area contributed by atoms with Gasteiger partial charge in [-0.3, -0.25) is 0 Å². The lowest BCUT2D eigenvalue weighted by Crippen LogP contribution is -2.14. The van der Waals surface area contributed by atoms with E-state index in [1.54, 1.807) is 6.20 Å². The van der Waals surface area contributed by atoms with Gasteiger partial charge < -0.3 is 9.88 Å². The first-order valence-electron chi connectivity index (χ1n) is 7.09. The van der Waals surface area contributed by atoms with Crippen molar-refractivity contribution in [3.63, 3.8) is 0 Å². The third kappa shape index (κ3) is 3.24. The minimum absolute atomic E-state index is 0.333. The second-order valence-electron chi connectivity index (χ2n) is 5.32. The van der Waals surface area contributed by atoms with Crippen molar-refractivity contribution in [3.8, 4) is 0 Å². The van der Waals surface area contributed by atoms with Crippen LogP contribution in [0.1, 0.15) is 38.1 Å². The number of hydrogen-bond acceptors (Lipinski definition) is 2. The Labute approximate surface area is 136 Å². The van der Waals surface area contributed by atoms with Crippen LogP contribution in [0, 0.1) is 5.82 Å². The molecule has 0 amide bonds. The number of rotatable bonds is 3. The summed E-state index contributed by atoms with van der Waals surface area (Å²) in [5.41, 5.74) is 0.640. The molecule has 0 saturated heterocycles. The molecule has 1 N–H and O–H groups in total. The highest BCUT2D eigenvalue weighted by molar-refractivity contribution is 9.10. The molecule has 0 aliphatic heterocycles. The van der Waals surface area contributed by atoms with Gasteiger partial charge in [-0.2, -0.15) is 0 Å². The fourth-order valence-corrected chi connectivity index (χ4v) is 3.74. The second kappa shape index (κ2) is 6.36. The quantitative estimate of drug-likeness (QED) is 0.750. The number of nitrogens with one attached hydrogen (secondary N) is 1. The summed E-state index contributed by atoms with van der Waals surface area (Å²) in [5.74, 6) is 0.379. The monoisotopic (exact) mass is 371 g/mol. The summed E-state index contributed by atoms with van der Waals surface area (Å²) in [6.07, 6.45) is 9.93. The molecule has 112 valence electrons. The molecule has 3 nitrogen and oxygen atoms in total. The predicted molar refractivity (Wildman–Crippen MR) is 86.7 cm³/mol. The van der Waals surface area contributed by atoms with Crippen LogP contribution in [0.25, 0.3) is 0 Å². The smallest absolute Gasteiger partial charge is 0.207 e.